The van der Waals surface area contributed by atoms with Gasteiger partial charge in [0, 0.05) is 6.07 Å². The number of rotatable bonds is 5. The summed E-state index contributed by atoms with van der Waals surface area (Å²) in [5.41, 5.74) is 0. The van der Waals surface area contributed by atoms with Crippen molar-refractivity contribution in [2.45, 2.75) is 13.5 Å². The quantitative estimate of drug-likeness (QED) is 0.622. The molecule has 0 aliphatic carbocycles. The van der Waals surface area contributed by atoms with Crippen molar-refractivity contribution in [3.63, 3.8) is 0 Å². The summed E-state index contributed by atoms with van der Waals surface area (Å²) >= 11 is 0. The minimum Gasteiger partial charge on any atom is -0.461 e. The van der Waals surface area contributed by atoms with Gasteiger partial charge in [-0.1, -0.05) is 12.1 Å². The fraction of sp³-hybridized carbons (Fsp3) is 0.200. The molecule has 1 aromatic carbocycles. The summed E-state index contributed by atoms with van der Waals surface area (Å²) < 4.78 is 25.4. The van der Waals surface area contributed by atoms with E-state index in [1.165, 1.54) is 12.1 Å². The second-order valence-electron chi connectivity index (χ2n) is 4.05. The van der Waals surface area contributed by atoms with Crippen molar-refractivity contribution in [2.24, 2.45) is 0 Å². The molecule has 5 heteroatoms. The van der Waals surface area contributed by atoms with Crippen LogP contribution in [0.1, 0.15) is 6.92 Å². The van der Waals surface area contributed by atoms with E-state index in [0.717, 1.165) is 0 Å². The van der Waals surface area contributed by atoms with E-state index in [9.17, 15) is 9.18 Å². The Labute approximate surface area is 116 Å². The summed E-state index contributed by atoms with van der Waals surface area (Å²) in [5, 5.41) is 0. The van der Waals surface area contributed by atoms with E-state index >= 15 is 0 Å². The lowest BCUT2D eigenvalue weighted by molar-refractivity contribution is -0.686. The van der Waals surface area contributed by atoms with Crippen molar-refractivity contribution in [3.05, 3.63) is 54.6 Å². The highest BCUT2D eigenvalue weighted by Gasteiger charge is 2.12. The summed E-state index contributed by atoms with van der Waals surface area (Å²) in [4.78, 5) is 11.4. The number of carbonyl (C=O) groups is 1. The number of pyridine rings is 1. The first-order valence-electron chi connectivity index (χ1n) is 6.26. The molecule has 0 N–H and O–H groups in total. The minimum absolute atomic E-state index is 0.0856. The van der Waals surface area contributed by atoms with Gasteiger partial charge in [0.05, 0.1) is 6.61 Å². The molecule has 0 saturated carbocycles. The third kappa shape index (κ3) is 3.78. The number of hydrogen-bond acceptors (Lipinski definition) is 3. The van der Waals surface area contributed by atoms with Crippen LogP contribution in [0.5, 0.6) is 11.5 Å². The third-order valence-corrected chi connectivity index (χ3v) is 2.51. The van der Waals surface area contributed by atoms with Gasteiger partial charge >= 0.3 is 5.97 Å². The number of halogens is 1. The number of ether oxygens (including phenoxy) is 2. The molecule has 0 bridgehead atoms. The predicted octanol–water partition coefficient (Wildman–Crippen LogP) is 2.47. The molecular weight excluding hydrogens is 261 g/mol. The van der Waals surface area contributed by atoms with E-state index in [1.807, 2.05) is 0 Å². The number of benzene rings is 1. The van der Waals surface area contributed by atoms with Crippen LogP contribution in [0.4, 0.5) is 4.39 Å². The van der Waals surface area contributed by atoms with Gasteiger partial charge in [-0.2, -0.15) is 4.57 Å². The smallest absolute Gasteiger partial charge is 0.372 e. The summed E-state index contributed by atoms with van der Waals surface area (Å²) in [6, 6.07) is 9.55. The first-order chi connectivity index (χ1) is 9.69. The molecule has 4 nitrogen and oxygen atoms in total. The topological polar surface area (TPSA) is 39.4 Å². The number of esters is 1. The normalized spacial score (nSPS) is 10.1. The van der Waals surface area contributed by atoms with Crippen LogP contribution in [0.25, 0.3) is 0 Å². The SMILES string of the molecule is CCOC(=O)C[n+]1cccc(Oc2ccccc2F)c1. The van der Waals surface area contributed by atoms with Crippen LogP contribution in [0.15, 0.2) is 48.8 Å². The predicted molar refractivity (Wildman–Crippen MR) is 69.7 cm³/mol. The van der Waals surface area contributed by atoms with Crippen LogP contribution >= 0.6 is 0 Å². The number of nitrogens with zero attached hydrogens (tertiary/aromatic N) is 1. The summed E-state index contributed by atoms with van der Waals surface area (Å²) in [7, 11) is 0. The molecule has 0 saturated heterocycles. The number of aromatic nitrogens is 1. The molecule has 0 unspecified atom stereocenters. The van der Waals surface area contributed by atoms with E-state index in [1.54, 1.807) is 48.1 Å². The second-order valence-corrected chi connectivity index (χ2v) is 4.05. The highest BCUT2D eigenvalue weighted by Crippen LogP contribution is 2.22. The van der Waals surface area contributed by atoms with Gasteiger partial charge in [-0.05, 0) is 25.1 Å². The average molecular weight is 276 g/mol. The van der Waals surface area contributed by atoms with Crippen LogP contribution in [0, 0.1) is 5.82 Å². The first kappa shape index (κ1) is 14.0. The van der Waals surface area contributed by atoms with Gasteiger partial charge in [0.2, 0.25) is 12.7 Å². The molecule has 0 atom stereocenters. The van der Waals surface area contributed by atoms with E-state index in [2.05, 4.69) is 0 Å². The molecule has 2 rings (SSSR count). The van der Waals surface area contributed by atoms with Gasteiger partial charge in [-0.25, -0.2) is 9.18 Å². The molecule has 0 radical (unpaired) electrons. The Balaban J connectivity index is 2.10. The van der Waals surface area contributed by atoms with Gasteiger partial charge in [-0.3, -0.25) is 0 Å². The van der Waals surface area contributed by atoms with Gasteiger partial charge < -0.3 is 9.47 Å². The highest BCUT2D eigenvalue weighted by atomic mass is 19.1. The van der Waals surface area contributed by atoms with E-state index in [-0.39, 0.29) is 18.3 Å². The maximum atomic E-state index is 13.5. The van der Waals surface area contributed by atoms with Gasteiger partial charge in [0.25, 0.3) is 0 Å². The van der Waals surface area contributed by atoms with E-state index < -0.39 is 5.82 Å². The Morgan fingerprint density at radius 2 is 2.05 bits per heavy atom. The zero-order valence-electron chi connectivity index (χ0n) is 11.1. The molecule has 1 aromatic heterocycles. The van der Waals surface area contributed by atoms with Crippen LogP contribution in [0.2, 0.25) is 0 Å². The van der Waals surface area contributed by atoms with Crippen LogP contribution < -0.4 is 9.30 Å². The third-order valence-electron chi connectivity index (χ3n) is 2.51. The number of para-hydroxylation sites is 1. The van der Waals surface area contributed by atoms with Gasteiger partial charge in [-0.15, -0.1) is 0 Å². The molecule has 0 spiro atoms. The van der Waals surface area contributed by atoms with Gasteiger partial charge in [0.15, 0.2) is 23.5 Å². The van der Waals surface area contributed by atoms with Crippen molar-refractivity contribution in [2.75, 3.05) is 6.61 Å². The molecule has 1 heterocycles. The van der Waals surface area contributed by atoms with Crippen molar-refractivity contribution in [1.29, 1.82) is 0 Å². The monoisotopic (exact) mass is 276 g/mol. The standard InChI is InChI=1S/C15H15FNO3/c1-2-19-15(18)11-17-9-5-6-12(10-17)20-14-8-4-3-7-13(14)16/h3-10H,2,11H2,1H3/q+1. The molecule has 2 aromatic rings. The van der Waals surface area contributed by atoms with E-state index in [4.69, 9.17) is 9.47 Å². The van der Waals surface area contributed by atoms with Crippen molar-refractivity contribution in [3.8, 4) is 11.5 Å². The average Bonchev–Trinajstić information content (AvgIpc) is 2.42. The van der Waals surface area contributed by atoms with Crippen LogP contribution in [-0.2, 0) is 16.1 Å². The molecule has 0 aliphatic rings. The van der Waals surface area contributed by atoms with E-state index in [0.29, 0.717) is 12.4 Å². The minimum atomic E-state index is -0.437. The zero-order valence-corrected chi connectivity index (χ0v) is 11.1. The maximum Gasteiger partial charge on any atom is 0.372 e. The van der Waals surface area contributed by atoms with Gasteiger partial charge in [0.1, 0.15) is 0 Å². The Morgan fingerprint density at radius 3 is 2.80 bits per heavy atom. The van der Waals surface area contributed by atoms with Crippen molar-refractivity contribution in [1.82, 2.24) is 0 Å². The Kier molecular flexibility index (Phi) is 4.65. The molecular formula is C15H15FNO3+. The lowest BCUT2D eigenvalue weighted by atomic mass is 10.3. The zero-order chi connectivity index (χ0) is 14.4. The Hall–Kier alpha value is -2.43. The summed E-state index contributed by atoms with van der Waals surface area (Å²) in [5.74, 6) is -0.183. The van der Waals surface area contributed by atoms with Crippen molar-refractivity contribution < 1.29 is 23.2 Å². The fourth-order valence-electron chi connectivity index (χ4n) is 1.67. The number of carbonyl (C=O) groups excluding carboxylic acids is 1. The molecule has 0 aliphatic heterocycles. The molecule has 20 heavy (non-hydrogen) atoms. The van der Waals surface area contributed by atoms with Crippen LogP contribution in [-0.4, -0.2) is 12.6 Å². The Morgan fingerprint density at radius 1 is 1.25 bits per heavy atom. The lowest BCUT2D eigenvalue weighted by Crippen LogP contribution is -2.37. The van der Waals surface area contributed by atoms with Crippen LogP contribution in [0.3, 0.4) is 0 Å². The lowest BCUT2D eigenvalue weighted by Gasteiger charge is -2.05. The molecule has 104 valence electrons. The highest BCUT2D eigenvalue weighted by molar-refractivity contribution is 5.67. The second kappa shape index (κ2) is 6.65. The molecule has 0 amide bonds. The largest absolute Gasteiger partial charge is 0.461 e. The summed E-state index contributed by atoms with van der Waals surface area (Å²) in [6.07, 6.45) is 3.33. The Bertz CT molecular complexity index is 601. The molecule has 0 fully saturated rings. The first-order valence-corrected chi connectivity index (χ1v) is 6.26. The fourth-order valence-corrected chi connectivity index (χ4v) is 1.67. The van der Waals surface area contributed by atoms with Crippen molar-refractivity contribution >= 4 is 5.97 Å². The summed E-state index contributed by atoms with van der Waals surface area (Å²) in [6.45, 7) is 2.17. The number of hydrogen-bond donors (Lipinski definition) is 0. The maximum absolute atomic E-state index is 13.5.